The number of nitrogens with zero attached hydrogens (tertiary/aromatic N) is 1. The number of nitrogens with one attached hydrogen (secondary N) is 1. The Kier molecular flexibility index (Phi) is 4.91. The standard InChI is InChI=1S/C22H24N2O4S/c25-21(23-16-4-5-17-18(13-16)28-10-9-27-17)14-3-6-19-15(11-14)12-20(29-19)22(26)24-7-1-2-8-24/h4-5,12-14H,1-3,6-11H2,(H,23,25)/t14-/m0/s1. The number of carbonyl (C=O) groups is 2. The maximum atomic E-state index is 12.8. The number of benzene rings is 1. The summed E-state index contributed by atoms with van der Waals surface area (Å²) in [6.45, 7) is 2.79. The number of anilines is 1. The minimum atomic E-state index is -0.0833. The molecule has 3 heterocycles. The molecule has 5 rings (SSSR count). The van der Waals surface area contributed by atoms with E-state index in [0.29, 0.717) is 31.1 Å². The average molecular weight is 413 g/mol. The van der Waals surface area contributed by atoms with Gasteiger partial charge in [-0.25, -0.2) is 0 Å². The molecule has 0 saturated carbocycles. The Morgan fingerprint density at radius 3 is 2.69 bits per heavy atom. The highest BCUT2D eigenvalue weighted by atomic mass is 32.1. The number of fused-ring (bicyclic) bond motifs is 2. The van der Waals surface area contributed by atoms with E-state index in [1.54, 1.807) is 11.3 Å². The number of rotatable bonds is 3. The molecule has 1 aliphatic carbocycles. The van der Waals surface area contributed by atoms with Gasteiger partial charge in [-0.05, 0) is 55.9 Å². The van der Waals surface area contributed by atoms with Gasteiger partial charge in [0, 0.05) is 35.6 Å². The minimum absolute atomic E-state index is 0.0194. The Balaban J connectivity index is 1.25. The summed E-state index contributed by atoms with van der Waals surface area (Å²) in [4.78, 5) is 29.5. The van der Waals surface area contributed by atoms with Crippen molar-refractivity contribution in [3.05, 3.63) is 39.6 Å². The molecule has 1 aromatic heterocycles. The quantitative estimate of drug-likeness (QED) is 0.838. The molecule has 1 fully saturated rings. The fourth-order valence-corrected chi connectivity index (χ4v) is 5.47. The van der Waals surface area contributed by atoms with Crippen LogP contribution in [-0.4, -0.2) is 43.0 Å². The molecule has 1 atom stereocenters. The van der Waals surface area contributed by atoms with Crippen LogP contribution in [0.5, 0.6) is 11.5 Å². The zero-order valence-electron chi connectivity index (χ0n) is 16.2. The van der Waals surface area contributed by atoms with E-state index in [9.17, 15) is 9.59 Å². The highest BCUT2D eigenvalue weighted by Gasteiger charge is 2.29. The van der Waals surface area contributed by atoms with Crippen molar-refractivity contribution in [2.75, 3.05) is 31.6 Å². The monoisotopic (exact) mass is 412 g/mol. The Hall–Kier alpha value is -2.54. The molecular formula is C22H24N2O4S. The fourth-order valence-electron chi connectivity index (χ4n) is 4.29. The first-order valence-electron chi connectivity index (χ1n) is 10.3. The summed E-state index contributed by atoms with van der Waals surface area (Å²) in [6, 6.07) is 7.51. The predicted octanol–water partition coefficient (Wildman–Crippen LogP) is 3.50. The third-order valence-corrected chi connectivity index (χ3v) is 7.09. The molecule has 0 unspecified atom stereocenters. The van der Waals surface area contributed by atoms with Gasteiger partial charge in [0.2, 0.25) is 5.91 Å². The molecule has 1 aromatic carbocycles. The first kappa shape index (κ1) is 18.5. The molecule has 29 heavy (non-hydrogen) atoms. The lowest BCUT2D eigenvalue weighted by molar-refractivity contribution is -0.120. The summed E-state index contributed by atoms with van der Waals surface area (Å²) >= 11 is 1.61. The molecule has 2 aliphatic heterocycles. The van der Waals surface area contributed by atoms with Crippen molar-refractivity contribution in [2.24, 2.45) is 5.92 Å². The summed E-state index contributed by atoms with van der Waals surface area (Å²) in [5, 5.41) is 3.02. The SMILES string of the molecule is O=C(Nc1ccc2c(c1)OCCO2)[C@H]1CCc2sc(C(=O)N3CCCC3)cc2C1. The van der Waals surface area contributed by atoms with Crippen LogP contribution in [0, 0.1) is 5.92 Å². The van der Waals surface area contributed by atoms with Gasteiger partial charge in [-0.1, -0.05) is 0 Å². The fraction of sp³-hybridized carbons (Fsp3) is 0.455. The van der Waals surface area contributed by atoms with E-state index in [2.05, 4.69) is 5.32 Å². The van der Waals surface area contributed by atoms with Crippen molar-refractivity contribution < 1.29 is 19.1 Å². The maximum absolute atomic E-state index is 12.8. The molecule has 6 nitrogen and oxygen atoms in total. The van der Waals surface area contributed by atoms with Crippen LogP contribution >= 0.6 is 11.3 Å². The van der Waals surface area contributed by atoms with Gasteiger partial charge >= 0.3 is 0 Å². The van der Waals surface area contributed by atoms with Crippen molar-refractivity contribution in [1.29, 1.82) is 0 Å². The molecule has 2 aromatic rings. The summed E-state index contributed by atoms with van der Waals surface area (Å²) < 4.78 is 11.1. The Morgan fingerprint density at radius 1 is 1.07 bits per heavy atom. The molecular weight excluding hydrogens is 388 g/mol. The molecule has 7 heteroatoms. The predicted molar refractivity (Wildman–Crippen MR) is 111 cm³/mol. The van der Waals surface area contributed by atoms with E-state index in [1.807, 2.05) is 29.2 Å². The summed E-state index contributed by atoms with van der Waals surface area (Å²) in [5.74, 6) is 1.47. The smallest absolute Gasteiger partial charge is 0.263 e. The Morgan fingerprint density at radius 2 is 1.86 bits per heavy atom. The van der Waals surface area contributed by atoms with Crippen LogP contribution < -0.4 is 14.8 Å². The van der Waals surface area contributed by atoms with Crippen LogP contribution in [0.4, 0.5) is 5.69 Å². The molecule has 2 amide bonds. The maximum Gasteiger partial charge on any atom is 0.263 e. The topological polar surface area (TPSA) is 67.9 Å². The van der Waals surface area contributed by atoms with Crippen LogP contribution in [0.3, 0.4) is 0 Å². The largest absolute Gasteiger partial charge is 0.486 e. The third-order valence-electron chi connectivity index (χ3n) is 5.87. The number of ether oxygens (including phenoxy) is 2. The second-order valence-corrected chi connectivity index (χ2v) is 8.98. The summed E-state index contributed by atoms with van der Waals surface area (Å²) in [7, 11) is 0. The van der Waals surface area contributed by atoms with Gasteiger partial charge in [0.1, 0.15) is 13.2 Å². The molecule has 0 bridgehead atoms. The molecule has 1 saturated heterocycles. The first-order valence-corrected chi connectivity index (χ1v) is 11.1. The van der Waals surface area contributed by atoms with Crippen LogP contribution in [0.25, 0.3) is 0 Å². The molecule has 0 radical (unpaired) electrons. The van der Waals surface area contributed by atoms with Gasteiger partial charge in [-0.2, -0.15) is 0 Å². The number of amides is 2. The van der Waals surface area contributed by atoms with E-state index in [0.717, 1.165) is 54.9 Å². The number of hydrogen-bond donors (Lipinski definition) is 1. The van der Waals surface area contributed by atoms with Crippen LogP contribution in [0.1, 0.15) is 39.4 Å². The van der Waals surface area contributed by atoms with Crippen LogP contribution in [0.15, 0.2) is 24.3 Å². The lowest BCUT2D eigenvalue weighted by Gasteiger charge is -2.22. The van der Waals surface area contributed by atoms with Gasteiger partial charge in [0.15, 0.2) is 11.5 Å². The lowest BCUT2D eigenvalue weighted by Crippen LogP contribution is -2.27. The Labute approximate surface area is 173 Å². The molecule has 3 aliphatic rings. The van der Waals surface area contributed by atoms with Gasteiger partial charge < -0.3 is 19.7 Å². The van der Waals surface area contributed by atoms with Crippen molar-refractivity contribution in [2.45, 2.75) is 32.1 Å². The third kappa shape index (κ3) is 3.71. The van der Waals surface area contributed by atoms with Gasteiger partial charge in [0.25, 0.3) is 5.91 Å². The van der Waals surface area contributed by atoms with Gasteiger partial charge in [-0.15, -0.1) is 11.3 Å². The second kappa shape index (κ2) is 7.71. The number of hydrogen-bond acceptors (Lipinski definition) is 5. The van der Waals surface area contributed by atoms with Gasteiger partial charge in [-0.3, -0.25) is 9.59 Å². The van der Waals surface area contributed by atoms with E-state index in [4.69, 9.17) is 9.47 Å². The van der Waals surface area contributed by atoms with E-state index >= 15 is 0 Å². The van der Waals surface area contributed by atoms with Crippen molar-refractivity contribution in [3.63, 3.8) is 0 Å². The normalized spacial score (nSPS) is 20.3. The Bertz CT molecular complexity index is 948. The van der Waals surface area contributed by atoms with Crippen LogP contribution in [-0.2, 0) is 17.6 Å². The highest BCUT2D eigenvalue weighted by Crippen LogP contribution is 2.35. The molecule has 0 spiro atoms. The zero-order chi connectivity index (χ0) is 19.8. The van der Waals surface area contributed by atoms with E-state index in [-0.39, 0.29) is 17.7 Å². The number of aryl methyl sites for hydroxylation is 1. The van der Waals surface area contributed by atoms with Crippen LogP contribution in [0.2, 0.25) is 0 Å². The number of carbonyl (C=O) groups excluding carboxylic acids is 2. The average Bonchev–Trinajstić information content (AvgIpc) is 3.42. The van der Waals surface area contributed by atoms with Crippen molar-refractivity contribution >= 4 is 28.8 Å². The summed E-state index contributed by atoms with van der Waals surface area (Å²) in [6.07, 6.45) is 4.54. The number of likely N-dealkylation sites (tertiary alicyclic amines) is 1. The highest BCUT2D eigenvalue weighted by molar-refractivity contribution is 7.14. The van der Waals surface area contributed by atoms with Crippen molar-refractivity contribution in [3.8, 4) is 11.5 Å². The molecule has 152 valence electrons. The first-order chi connectivity index (χ1) is 14.2. The van der Waals surface area contributed by atoms with E-state index < -0.39 is 0 Å². The number of thiophene rings is 1. The van der Waals surface area contributed by atoms with Gasteiger partial charge in [0.05, 0.1) is 4.88 Å². The lowest BCUT2D eigenvalue weighted by atomic mass is 9.87. The summed E-state index contributed by atoms with van der Waals surface area (Å²) in [5.41, 5.74) is 1.88. The second-order valence-electron chi connectivity index (χ2n) is 7.85. The molecule has 1 N–H and O–H groups in total. The minimum Gasteiger partial charge on any atom is -0.486 e. The zero-order valence-corrected chi connectivity index (χ0v) is 17.1. The van der Waals surface area contributed by atoms with E-state index in [1.165, 1.54) is 4.88 Å². The van der Waals surface area contributed by atoms with Crippen molar-refractivity contribution in [1.82, 2.24) is 4.90 Å².